The van der Waals surface area contributed by atoms with Crippen molar-refractivity contribution >= 4 is 23.7 Å². The van der Waals surface area contributed by atoms with Crippen LogP contribution >= 0.6 is 0 Å². The van der Waals surface area contributed by atoms with Crippen molar-refractivity contribution in [3.8, 4) is 5.75 Å². The number of amides is 2. The molecule has 0 radical (unpaired) electrons. The first-order valence-corrected chi connectivity index (χ1v) is 13.1. The van der Waals surface area contributed by atoms with E-state index in [0.717, 1.165) is 12.0 Å². The monoisotopic (exact) mass is 536 g/mol. The Morgan fingerprint density at radius 2 is 2.08 bits per heavy atom. The first-order valence-electron chi connectivity index (χ1n) is 13.1. The molecule has 13 nitrogen and oxygen atoms in total. The van der Waals surface area contributed by atoms with Crippen molar-refractivity contribution < 1.29 is 24.4 Å². The molecule has 3 unspecified atom stereocenters. The molecule has 0 bridgehead atoms. The number of nitrogens with one attached hydrogen (secondary N) is 5. The molecule has 0 aliphatic carbocycles. The van der Waals surface area contributed by atoms with E-state index in [2.05, 4.69) is 44.8 Å². The lowest BCUT2D eigenvalue weighted by Gasteiger charge is -2.43. The van der Waals surface area contributed by atoms with Gasteiger partial charge in [-0.15, -0.1) is 0 Å². The Hall–Kier alpha value is -4.26. The lowest BCUT2D eigenvalue weighted by Crippen LogP contribution is -2.88. The first-order chi connectivity index (χ1) is 18.6. The number of aromatic amines is 1. The molecule has 2 aromatic rings. The summed E-state index contributed by atoms with van der Waals surface area (Å²) in [6.07, 6.45) is 1.40. The zero-order valence-corrected chi connectivity index (χ0v) is 21.8. The van der Waals surface area contributed by atoms with Gasteiger partial charge in [-0.05, 0) is 30.0 Å². The van der Waals surface area contributed by atoms with Gasteiger partial charge in [0.1, 0.15) is 23.6 Å². The Kier molecular flexibility index (Phi) is 5.72. The van der Waals surface area contributed by atoms with Gasteiger partial charge in [-0.3, -0.25) is 20.3 Å². The molecule has 10 N–H and O–H groups in total. The SMILES string of the molecule is CC1(C)CCOc2c(C(=O)NC3CN4C(N)=N[C@@H](CNC(=O)c5ccc[nH]5)C5[NH+]=C(N)NC54[C@@H]3O)cccc21. The molecule has 1 fully saturated rings. The van der Waals surface area contributed by atoms with Crippen molar-refractivity contribution in [1.82, 2.24) is 25.8 Å². The van der Waals surface area contributed by atoms with Crippen molar-refractivity contribution in [2.24, 2.45) is 16.5 Å². The van der Waals surface area contributed by atoms with E-state index in [9.17, 15) is 14.7 Å². The second kappa shape index (κ2) is 8.90. The maximum Gasteiger partial charge on any atom is 0.343 e. The third kappa shape index (κ3) is 3.87. The van der Waals surface area contributed by atoms with Gasteiger partial charge in [0, 0.05) is 24.8 Å². The number of rotatable bonds is 5. The molecule has 13 heteroatoms. The minimum absolute atomic E-state index is 0.118. The zero-order valence-electron chi connectivity index (χ0n) is 21.8. The lowest BCUT2D eigenvalue weighted by molar-refractivity contribution is -0.513. The van der Waals surface area contributed by atoms with Crippen LogP contribution in [0.4, 0.5) is 0 Å². The van der Waals surface area contributed by atoms with Crippen LogP contribution < -0.4 is 37.1 Å². The van der Waals surface area contributed by atoms with Crippen LogP contribution in [0.1, 0.15) is 46.7 Å². The van der Waals surface area contributed by atoms with E-state index in [0.29, 0.717) is 23.6 Å². The van der Waals surface area contributed by atoms with Gasteiger partial charge in [-0.2, -0.15) is 0 Å². The third-order valence-corrected chi connectivity index (χ3v) is 8.33. The minimum Gasteiger partial charge on any atom is -0.492 e. The molecule has 1 spiro atoms. The number of aliphatic hydroxyl groups is 1. The number of carbonyl (C=O) groups excluding carboxylic acids is 2. The van der Waals surface area contributed by atoms with E-state index in [1.807, 2.05) is 12.1 Å². The molecule has 0 saturated carbocycles. The average Bonchev–Trinajstić information content (AvgIpc) is 3.62. The maximum absolute atomic E-state index is 13.5. The molecule has 6 rings (SSSR count). The number of aliphatic imine (C=N–C) groups is 1. The molecule has 39 heavy (non-hydrogen) atoms. The highest BCUT2D eigenvalue weighted by atomic mass is 16.5. The zero-order chi connectivity index (χ0) is 27.5. The number of aromatic nitrogens is 1. The number of H-pyrrole nitrogens is 1. The Morgan fingerprint density at radius 3 is 2.85 bits per heavy atom. The molecule has 4 aliphatic rings. The molecule has 2 amide bonds. The number of carbonyl (C=O) groups is 2. The van der Waals surface area contributed by atoms with Gasteiger partial charge in [0.15, 0.2) is 12.0 Å². The number of hydrogen-bond donors (Lipinski definition) is 8. The fourth-order valence-electron chi connectivity index (χ4n) is 6.25. The number of para-hydroxylation sites is 1. The second-order valence-electron chi connectivity index (χ2n) is 11.1. The van der Waals surface area contributed by atoms with Crippen molar-refractivity contribution in [2.75, 3.05) is 19.7 Å². The van der Waals surface area contributed by atoms with E-state index < -0.39 is 29.9 Å². The minimum atomic E-state index is -1.18. The summed E-state index contributed by atoms with van der Waals surface area (Å²) in [6, 6.07) is 7.17. The second-order valence-corrected chi connectivity index (χ2v) is 11.1. The van der Waals surface area contributed by atoms with E-state index in [1.165, 1.54) is 0 Å². The standard InChI is InChI=1S/C26H33N9O4/c1-25(2)8-10-39-18-13(5-3-6-14(18)25)21(37)31-17-12-35-24(28)32-16(11-30-22(38)15-7-4-9-29-15)19-26(35,20(17)36)34-23(27)33-19/h3-7,9,16-17,19-20,29,36H,8,10-12H2,1-2H3,(H2,28,32)(H,30,38)(H,31,37)(H3,27,33,34)/p+1/t16-,17?,19?,20+,26?/m0/s1. The summed E-state index contributed by atoms with van der Waals surface area (Å²) < 4.78 is 5.93. The van der Waals surface area contributed by atoms with Crippen LogP contribution in [0.3, 0.4) is 0 Å². The van der Waals surface area contributed by atoms with Crippen LogP contribution in [-0.2, 0) is 5.41 Å². The van der Waals surface area contributed by atoms with Gasteiger partial charge >= 0.3 is 5.96 Å². The van der Waals surface area contributed by atoms with Gasteiger partial charge in [0.2, 0.25) is 5.66 Å². The predicted octanol–water partition coefficient (Wildman–Crippen LogP) is -2.96. The van der Waals surface area contributed by atoms with Gasteiger partial charge in [0.25, 0.3) is 11.8 Å². The lowest BCUT2D eigenvalue weighted by atomic mass is 9.79. The number of fused-ring (bicyclic) bond motifs is 1. The van der Waals surface area contributed by atoms with E-state index in [4.69, 9.17) is 16.2 Å². The molecule has 1 aromatic carbocycles. The number of nitrogens with two attached hydrogens (primary N) is 2. The number of ether oxygens (including phenoxy) is 1. The van der Waals surface area contributed by atoms with Crippen LogP contribution in [-0.4, -0.2) is 88.3 Å². The molecule has 1 saturated heterocycles. The quantitative estimate of drug-likeness (QED) is 0.198. The first kappa shape index (κ1) is 25.0. The van der Waals surface area contributed by atoms with Crippen LogP contribution in [0, 0.1) is 0 Å². The van der Waals surface area contributed by atoms with E-state index in [-0.39, 0.29) is 42.2 Å². The summed E-state index contributed by atoms with van der Waals surface area (Å²) >= 11 is 0. The van der Waals surface area contributed by atoms with E-state index in [1.54, 1.807) is 29.3 Å². The Morgan fingerprint density at radius 1 is 1.26 bits per heavy atom. The van der Waals surface area contributed by atoms with Crippen LogP contribution in [0.25, 0.3) is 0 Å². The fourth-order valence-corrected chi connectivity index (χ4v) is 6.25. The number of benzene rings is 1. The summed E-state index contributed by atoms with van der Waals surface area (Å²) in [5.74, 6) is 0.350. The molecular formula is C26H34N9O4+. The molecule has 1 aromatic heterocycles. The summed E-state index contributed by atoms with van der Waals surface area (Å²) in [6.45, 7) is 5.13. The summed E-state index contributed by atoms with van der Waals surface area (Å²) in [7, 11) is 0. The molecule has 4 aliphatic heterocycles. The fraction of sp³-hybridized carbons (Fsp3) is 0.462. The molecular weight excluding hydrogens is 502 g/mol. The Bertz CT molecular complexity index is 1370. The Balaban J connectivity index is 1.24. The van der Waals surface area contributed by atoms with Gasteiger partial charge in [0.05, 0.1) is 18.2 Å². The predicted molar refractivity (Wildman–Crippen MR) is 142 cm³/mol. The highest BCUT2D eigenvalue weighted by molar-refractivity contribution is 5.98. The number of nitrogens with zero attached hydrogens (tertiary/aromatic N) is 2. The summed E-state index contributed by atoms with van der Waals surface area (Å²) in [5.41, 5.74) is 13.1. The largest absolute Gasteiger partial charge is 0.492 e. The highest BCUT2D eigenvalue weighted by Crippen LogP contribution is 2.41. The number of guanidine groups is 2. The van der Waals surface area contributed by atoms with Gasteiger partial charge < -0.3 is 36.1 Å². The molecule has 5 atom stereocenters. The summed E-state index contributed by atoms with van der Waals surface area (Å²) in [5, 5.41) is 20.7. The smallest absolute Gasteiger partial charge is 0.343 e. The third-order valence-electron chi connectivity index (χ3n) is 8.33. The van der Waals surface area contributed by atoms with Gasteiger partial charge in [-0.1, -0.05) is 26.0 Å². The maximum atomic E-state index is 13.5. The number of hydrogen-bond acceptors (Lipinski definition) is 9. The summed E-state index contributed by atoms with van der Waals surface area (Å²) in [4.78, 5) is 38.4. The van der Waals surface area contributed by atoms with Crippen molar-refractivity contribution in [3.63, 3.8) is 0 Å². The van der Waals surface area contributed by atoms with Crippen LogP contribution in [0.2, 0.25) is 0 Å². The molecule has 206 valence electrons. The van der Waals surface area contributed by atoms with Crippen molar-refractivity contribution in [3.05, 3.63) is 53.3 Å². The highest BCUT2D eigenvalue weighted by Gasteiger charge is 2.68. The van der Waals surface area contributed by atoms with Crippen LogP contribution in [0.15, 0.2) is 41.5 Å². The van der Waals surface area contributed by atoms with Crippen molar-refractivity contribution in [1.29, 1.82) is 0 Å². The number of aliphatic hydroxyl groups excluding tert-OH is 1. The van der Waals surface area contributed by atoms with Gasteiger partial charge in [-0.25, -0.2) is 10.3 Å². The average molecular weight is 537 g/mol. The van der Waals surface area contributed by atoms with E-state index >= 15 is 0 Å². The molecule has 5 heterocycles. The normalized spacial score (nSPS) is 30.1. The topological polar surface area (TPSA) is 197 Å². The van der Waals surface area contributed by atoms with Crippen LogP contribution in [0.5, 0.6) is 5.75 Å². The Labute approximate surface area is 225 Å². The van der Waals surface area contributed by atoms with Crippen molar-refractivity contribution in [2.45, 2.75) is 55.6 Å².